The van der Waals surface area contributed by atoms with Crippen molar-refractivity contribution in [1.29, 1.82) is 0 Å². The SMILES string of the molecule is COC(=O)c1ccccc1[C@@]1(F)O[C@@H](c2ccc3c(NC(C)=O)ncnn23)[C@](C)(OC(C)=O)[C@@H]1OC(C)=O. The van der Waals surface area contributed by atoms with Gasteiger partial charge in [-0.1, -0.05) is 18.2 Å². The number of halogens is 1. The zero-order valence-electron chi connectivity index (χ0n) is 21.2. The molecule has 2 aromatic heterocycles. The highest BCUT2D eigenvalue weighted by Crippen LogP contribution is 2.56. The average molecular weight is 528 g/mol. The van der Waals surface area contributed by atoms with Gasteiger partial charge in [0.25, 0.3) is 5.85 Å². The monoisotopic (exact) mass is 528 g/mol. The Hall–Kier alpha value is -4.39. The number of methoxy groups -OCH3 is 1. The first-order chi connectivity index (χ1) is 17.9. The van der Waals surface area contributed by atoms with Gasteiger partial charge in [-0.3, -0.25) is 14.4 Å². The fourth-order valence-corrected chi connectivity index (χ4v) is 4.67. The summed E-state index contributed by atoms with van der Waals surface area (Å²) in [7, 11) is 1.13. The molecule has 4 rings (SSSR count). The van der Waals surface area contributed by atoms with E-state index in [0.29, 0.717) is 5.52 Å². The van der Waals surface area contributed by atoms with Gasteiger partial charge in [0, 0.05) is 26.3 Å². The maximum Gasteiger partial charge on any atom is 0.338 e. The normalized spacial score (nSPS) is 24.6. The molecule has 1 aromatic carbocycles. The van der Waals surface area contributed by atoms with E-state index in [-0.39, 0.29) is 28.5 Å². The molecule has 0 saturated carbocycles. The summed E-state index contributed by atoms with van der Waals surface area (Å²) in [5, 5.41) is 6.77. The van der Waals surface area contributed by atoms with E-state index in [1.807, 2.05) is 0 Å². The molecule has 0 aliphatic carbocycles. The zero-order chi connectivity index (χ0) is 27.8. The average Bonchev–Trinajstić information content (AvgIpc) is 3.37. The molecule has 4 atom stereocenters. The first-order valence-corrected chi connectivity index (χ1v) is 11.4. The Morgan fingerprint density at radius 1 is 1.08 bits per heavy atom. The van der Waals surface area contributed by atoms with E-state index in [1.165, 1.54) is 55.0 Å². The number of amides is 1. The van der Waals surface area contributed by atoms with Crippen LogP contribution in [0.15, 0.2) is 42.7 Å². The Bertz CT molecular complexity index is 1440. The molecular weight excluding hydrogens is 503 g/mol. The lowest BCUT2D eigenvalue weighted by Gasteiger charge is -2.34. The van der Waals surface area contributed by atoms with E-state index in [2.05, 4.69) is 15.4 Å². The number of fused-ring (bicyclic) bond motifs is 1. The van der Waals surface area contributed by atoms with Crippen molar-refractivity contribution in [3.63, 3.8) is 0 Å². The molecule has 1 N–H and O–H groups in total. The van der Waals surface area contributed by atoms with Crippen molar-refractivity contribution in [1.82, 2.24) is 14.6 Å². The van der Waals surface area contributed by atoms with Gasteiger partial charge in [0.1, 0.15) is 17.9 Å². The zero-order valence-corrected chi connectivity index (χ0v) is 21.2. The highest BCUT2D eigenvalue weighted by Gasteiger charge is 2.69. The largest absolute Gasteiger partial charge is 0.465 e. The number of aromatic nitrogens is 3. The molecule has 38 heavy (non-hydrogen) atoms. The number of alkyl halides is 1. The van der Waals surface area contributed by atoms with Crippen LogP contribution in [0.5, 0.6) is 0 Å². The van der Waals surface area contributed by atoms with Crippen LogP contribution in [0, 0.1) is 0 Å². The van der Waals surface area contributed by atoms with Crippen molar-refractivity contribution in [3.05, 3.63) is 59.5 Å². The van der Waals surface area contributed by atoms with Gasteiger partial charge in [0.05, 0.1) is 18.4 Å². The number of carbonyl (C=O) groups excluding carboxylic acids is 4. The summed E-state index contributed by atoms with van der Waals surface area (Å²) in [5.74, 6) is -5.74. The van der Waals surface area contributed by atoms with Crippen molar-refractivity contribution in [3.8, 4) is 0 Å². The first-order valence-electron chi connectivity index (χ1n) is 11.4. The molecule has 0 bridgehead atoms. The Morgan fingerprint density at radius 3 is 2.42 bits per heavy atom. The highest BCUT2D eigenvalue weighted by atomic mass is 19.2. The summed E-state index contributed by atoms with van der Waals surface area (Å²) in [5.41, 5.74) is -1.92. The van der Waals surface area contributed by atoms with E-state index >= 15 is 4.39 Å². The predicted molar refractivity (Wildman–Crippen MR) is 127 cm³/mol. The number of ether oxygens (including phenoxy) is 4. The fourth-order valence-electron chi connectivity index (χ4n) is 4.67. The van der Waals surface area contributed by atoms with Gasteiger partial charge >= 0.3 is 17.9 Å². The number of hydrogen-bond acceptors (Lipinski definition) is 10. The smallest absolute Gasteiger partial charge is 0.338 e. The maximum atomic E-state index is 17.3. The molecule has 1 amide bonds. The van der Waals surface area contributed by atoms with Crippen LogP contribution in [-0.4, -0.2) is 57.2 Å². The molecule has 13 heteroatoms. The van der Waals surface area contributed by atoms with E-state index < -0.39 is 41.6 Å². The standard InChI is InChI=1S/C25H25FN4O8/c1-13(31)29-21-19-11-10-18(30(19)28-12-27-21)20-24(4,37-15(3)33)23(36-14(2)32)25(26,38-20)17-9-7-6-8-16(17)22(34)35-5/h6-12,20,23H,1-5H3,(H,27,28,29,31)/t20-,23-,24-,25+/m0/s1. The van der Waals surface area contributed by atoms with Crippen LogP contribution in [0.1, 0.15) is 55.4 Å². The Kier molecular flexibility index (Phi) is 6.89. The van der Waals surface area contributed by atoms with Gasteiger partial charge in [-0.15, -0.1) is 0 Å². The lowest BCUT2D eigenvalue weighted by molar-refractivity contribution is -0.206. The van der Waals surface area contributed by atoms with Gasteiger partial charge in [-0.2, -0.15) is 5.10 Å². The molecule has 1 aliphatic rings. The fraction of sp³-hybridized carbons (Fsp3) is 0.360. The molecule has 3 heterocycles. The molecule has 1 fully saturated rings. The lowest BCUT2D eigenvalue weighted by atomic mass is 9.86. The highest BCUT2D eigenvalue weighted by molar-refractivity contribution is 5.92. The third kappa shape index (κ3) is 4.45. The van der Waals surface area contributed by atoms with Crippen molar-refractivity contribution < 1.29 is 42.5 Å². The van der Waals surface area contributed by atoms with E-state index in [1.54, 1.807) is 6.07 Å². The second kappa shape index (κ2) is 9.82. The molecule has 1 saturated heterocycles. The van der Waals surface area contributed by atoms with Crippen molar-refractivity contribution >= 4 is 35.1 Å². The summed E-state index contributed by atoms with van der Waals surface area (Å²) in [4.78, 5) is 52.7. The van der Waals surface area contributed by atoms with Gasteiger partial charge in [0.2, 0.25) is 12.0 Å². The summed E-state index contributed by atoms with van der Waals surface area (Å²) in [6.45, 7) is 4.83. The maximum absolute atomic E-state index is 17.3. The predicted octanol–water partition coefficient (Wildman–Crippen LogP) is 2.62. The molecule has 200 valence electrons. The van der Waals surface area contributed by atoms with Gasteiger partial charge in [-0.05, 0) is 25.1 Å². The van der Waals surface area contributed by atoms with E-state index in [4.69, 9.17) is 18.9 Å². The minimum Gasteiger partial charge on any atom is -0.465 e. The molecule has 12 nitrogen and oxygen atoms in total. The van der Waals surface area contributed by atoms with Gasteiger partial charge in [0.15, 0.2) is 11.4 Å². The molecule has 0 radical (unpaired) electrons. The summed E-state index contributed by atoms with van der Waals surface area (Å²) in [6, 6.07) is 8.65. The number of anilines is 1. The van der Waals surface area contributed by atoms with Crippen LogP contribution >= 0.6 is 0 Å². The number of carbonyl (C=O) groups is 4. The number of esters is 3. The Morgan fingerprint density at radius 2 is 1.79 bits per heavy atom. The quantitative estimate of drug-likeness (QED) is 0.374. The van der Waals surface area contributed by atoms with Crippen LogP contribution in [-0.2, 0) is 39.2 Å². The van der Waals surface area contributed by atoms with Crippen LogP contribution in [0.3, 0.4) is 0 Å². The number of nitrogens with one attached hydrogen (secondary N) is 1. The van der Waals surface area contributed by atoms with Crippen molar-refractivity contribution in [2.75, 3.05) is 12.4 Å². The number of benzene rings is 1. The number of rotatable bonds is 6. The molecule has 0 unspecified atom stereocenters. The van der Waals surface area contributed by atoms with Gasteiger partial charge < -0.3 is 24.3 Å². The third-order valence-corrected chi connectivity index (χ3v) is 6.06. The molecule has 3 aromatic rings. The Balaban J connectivity index is 1.97. The minimum absolute atomic E-state index is 0.171. The van der Waals surface area contributed by atoms with Crippen molar-refractivity contribution in [2.45, 2.75) is 51.4 Å². The van der Waals surface area contributed by atoms with Crippen LogP contribution in [0.4, 0.5) is 10.2 Å². The second-order valence-corrected chi connectivity index (χ2v) is 8.79. The van der Waals surface area contributed by atoms with Crippen molar-refractivity contribution in [2.24, 2.45) is 0 Å². The summed E-state index contributed by atoms with van der Waals surface area (Å²) >= 11 is 0. The van der Waals surface area contributed by atoms with E-state index in [9.17, 15) is 19.2 Å². The number of nitrogens with zero attached hydrogens (tertiary/aromatic N) is 3. The molecule has 1 aliphatic heterocycles. The molecular formula is C25H25FN4O8. The minimum atomic E-state index is -2.98. The number of hydrogen-bond donors (Lipinski definition) is 1. The summed E-state index contributed by atoms with van der Waals surface area (Å²) in [6.07, 6.45) is -2.12. The third-order valence-electron chi connectivity index (χ3n) is 6.06. The summed E-state index contributed by atoms with van der Waals surface area (Å²) < 4.78 is 40.4. The first kappa shape index (κ1) is 26.7. The lowest BCUT2D eigenvalue weighted by Crippen LogP contribution is -2.51. The second-order valence-electron chi connectivity index (χ2n) is 8.79. The van der Waals surface area contributed by atoms with Gasteiger partial charge in [-0.25, -0.2) is 18.7 Å². The Labute approximate surface area is 216 Å². The van der Waals surface area contributed by atoms with Crippen LogP contribution in [0.25, 0.3) is 5.52 Å². The van der Waals surface area contributed by atoms with Crippen LogP contribution in [0.2, 0.25) is 0 Å². The van der Waals surface area contributed by atoms with Crippen LogP contribution < -0.4 is 5.32 Å². The molecule has 0 spiro atoms. The van der Waals surface area contributed by atoms with E-state index in [0.717, 1.165) is 21.0 Å². The topological polar surface area (TPSA) is 147 Å².